The van der Waals surface area contributed by atoms with Gasteiger partial charge in [-0.2, -0.15) is 4.80 Å². The van der Waals surface area contributed by atoms with Crippen molar-refractivity contribution >= 4 is 17.2 Å². The molecule has 9 heteroatoms. The molecule has 0 aliphatic carbocycles. The largest absolute Gasteiger partial charge is 0.348 e. The topological polar surface area (TPSA) is 90.5 Å². The highest BCUT2D eigenvalue weighted by Crippen LogP contribution is 2.19. The van der Waals surface area contributed by atoms with Gasteiger partial charge in [-0.1, -0.05) is 18.2 Å². The summed E-state index contributed by atoms with van der Waals surface area (Å²) in [7, 11) is 0. The third-order valence-electron chi connectivity index (χ3n) is 4.05. The zero-order valence-corrected chi connectivity index (χ0v) is 15.4. The van der Waals surface area contributed by atoms with Crippen LogP contribution in [0, 0.1) is 0 Å². The van der Waals surface area contributed by atoms with E-state index in [0.29, 0.717) is 5.82 Å². The van der Waals surface area contributed by atoms with Crippen molar-refractivity contribution in [2.75, 3.05) is 0 Å². The first-order valence-corrected chi connectivity index (χ1v) is 9.26. The van der Waals surface area contributed by atoms with Crippen LogP contribution in [-0.4, -0.2) is 35.7 Å². The summed E-state index contributed by atoms with van der Waals surface area (Å²) in [6.45, 7) is 1.96. The lowest BCUT2D eigenvalue weighted by molar-refractivity contribution is -0.122. The molecule has 27 heavy (non-hydrogen) atoms. The van der Waals surface area contributed by atoms with E-state index in [1.165, 1.54) is 16.1 Å². The molecule has 0 saturated carbocycles. The van der Waals surface area contributed by atoms with Crippen molar-refractivity contribution in [1.82, 2.24) is 35.1 Å². The summed E-state index contributed by atoms with van der Waals surface area (Å²) in [4.78, 5) is 18.6. The van der Waals surface area contributed by atoms with Crippen LogP contribution in [-0.2, 0) is 11.3 Å². The number of carbonyl (C=O) groups is 1. The molecular formula is C18H17N7OS. The summed E-state index contributed by atoms with van der Waals surface area (Å²) in [5.74, 6) is 0.359. The van der Waals surface area contributed by atoms with Crippen molar-refractivity contribution in [1.29, 1.82) is 0 Å². The second kappa shape index (κ2) is 7.50. The second-order valence-electron chi connectivity index (χ2n) is 5.97. The van der Waals surface area contributed by atoms with Crippen LogP contribution in [0.3, 0.4) is 0 Å². The fourth-order valence-electron chi connectivity index (χ4n) is 2.66. The predicted molar refractivity (Wildman–Crippen MR) is 101 cm³/mol. The van der Waals surface area contributed by atoms with E-state index < -0.39 is 0 Å². The van der Waals surface area contributed by atoms with Gasteiger partial charge in [0.2, 0.25) is 11.7 Å². The molecule has 4 aromatic rings. The Kier molecular flexibility index (Phi) is 4.75. The fraction of sp³-hybridized carbons (Fsp3) is 0.167. The highest BCUT2D eigenvalue weighted by atomic mass is 32.1. The van der Waals surface area contributed by atoms with E-state index in [0.717, 1.165) is 16.1 Å². The second-order valence-corrected chi connectivity index (χ2v) is 6.92. The minimum atomic E-state index is -0.170. The number of aromatic nitrogens is 6. The highest BCUT2D eigenvalue weighted by Gasteiger charge is 2.13. The van der Waals surface area contributed by atoms with E-state index in [4.69, 9.17) is 0 Å². The molecule has 136 valence electrons. The minimum absolute atomic E-state index is 0.0236. The molecule has 0 spiro atoms. The maximum Gasteiger partial charge on any atom is 0.244 e. The van der Waals surface area contributed by atoms with Gasteiger partial charge in [-0.3, -0.25) is 4.79 Å². The Morgan fingerprint density at radius 2 is 2.11 bits per heavy atom. The van der Waals surface area contributed by atoms with Gasteiger partial charge in [0.25, 0.3) is 0 Å². The van der Waals surface area contributed by atoms with E-state index in [1.54, 1.807) is 12.5 Å². The first-order chi connectivity index (χ1) is 13.2. The third-order valence-corrected chi connectivity index (χ3v) is 4.92. The van der Waals surface area contributed by atoms with Gasteiger partial charge < -0.3 is 9.88 Å². The average molecular weight is 379 g/mol. The van der Waals surface area contributed by atoms with Gasteiger partial charge in [0.05, 0.1) is 17.2 Å². The smallest absolute Gasteiger partial charge is 0.244 e. The van der Waals surface area contributed by atoms with Crippen molar-refractivity contribution in [3.8, 4) is 16.4 Å². The van der Waals surface area contributed by atoms with Crippen LogP contribution in [0.25, 0.3) is 16.4 Å². The Morgan fingerprint density at radius 1 is 1.26 bits per heavy atom. The summed E-state index contributed by atoms with van der Waals surface area (Å²) >= 11 is 1.53. The van der Waals surface area contributed by atoms with Crippen LogP contribution in [0.2, 0.25) is 0 Å². The van der Waals surface area contributed by atoms with Crippen molar-refractivity contribution in [3.63, 3.8) is 0 Å². The normalized spacial score (nSPS) is 12.0. The van der Waals surface area contributed by atoms with Gasteiger partial charge in [0, 0.05) is 18.1 Å². The number of nitrogens with zero attached hydrogens (tertiary/aromatic N) is 6. The maximum atomic E-state index is 12.3. The van der Waals surface area contributed by atoms with E-state index in [2.05, 4.69) is 25.7 Å². The van der Waals surface area contributed by atoms with Crippen LogP contribution in [0.4, 0.5) is 0 Å². The van der Waals surface area contributed by atoms with E-state index in [9.17, 15) is 4.79 Å². The van der Waals surface area contributed by atoms with E-state index >= 15 is 0 Å². The Labute approximate surface area is 159 Å². The fourth-order valence-corrected chi connectivity index (χ4v) is 3.31. The number of benzene rings is 1. The lowest BCUT2D eigenvalue weighted by Crippen LogP contribution is -2.30. The van der Waals surface area contributed by atoms with Crippen LogP contribution in [0.5, 0.6) is 0 Å². The molecule has 3 heterocycles. The van der Waals surface area contributed by atoms with Crippen LogP contribution < -0.4 is 5.32 Å². The lowest BCUT2D eigenvalue weighted by Gasteiger charge is -2.14. The minimum Gasteiger partial charge on any atom is -0.348 e. The molecule has 1 aromatic carbocycles. The number of hydrogen-bond donors (Lipinski definition) is 1. The van der Waals surface area contributed by atoms with Crippen molar-refractivity contribution in [3.05, 3.63) is 66.1 Å². The summed E-state index contributed by atoms with van der Waals surface area (Å²) in [5, 5.41) is 17.1. The molecule has 1 atom stereocenters. The zero-order chi connectivity index (χ0) is 18.6. The average Bonchev–Trinajstić information content (AvgIpc) is 3.43. The number of amides is 1. The van der Waals surface area contributed by atoms with Gasteiger partial charge in [-0.05, 0) is 41.3 Å². The quantitative estimate of drug-likeness (QED) is 0.556. The van der Waals surface area contributed by atoms with Gasteiger partial charge in [-0.15, -0.1) is 21.5 Å². The summed E-state index contributed by atoms with van der Waals surface area (Å²) in [5.41, 5.74) is 2.03. The molecule has 4 rings (SSSR count). The zero-order valence-electron chi connectivity index (χ0n) is 14.6. The Hall–Kier alpha value is -3.33. The number of tetrazole rings is 1. The number of nitrogens with one attached hydrogen (secondary N) is 1. The summed E-state index contributed by atoms with van der Waals surface area (Å²) in [6.07, 6.45) is 5.37. The number of carbonyl (C=O) groups excluding carboxylic acids is 1. The standard InChI is InChI=1S/C18H17N7OS/c1-13(14-4-6-15(7-5-14)24-9-8-19-12-24)20-17(26)11-25-22-18(21-23-25)16-3-2-10-27-16/h2-10,12-13H,11H2,1H3,(H,20,26)/t13-/m1/s1. The Bertz CT molecular complexity index is 1010. The van der Waals surface area contributed by atoms with Crippen molar-refractivity contribution < 1.29 is 4.79 Å². The van der Waals surface area contributed by atoms with Crippen LogP contribution in [0.1, 0.15) is 18.5 Å². The molecule has 3 aromatic heterocycles. The number of thiophene rings is 1. The van der Waals surface area contributed by atoms with Gasteiger partial charge in [-0.25, -0.2) is 4.98 Å². The maximum absolute atomic E-state index is 12.3. The van der Waals surface area contributed by atoms with E-state index in [1.807, 2.05) is 59.5 Å². The molecule has 0 fully saturated rings. The molecule has 0 aliphatic rings. The molecule has 1 amide bonds. The van der Waals surface area contributed by atoms with E-state index in [-0.39, 0.29) is 18.5 Å². The molecule has 0 saturated heterocycles. The van der Waals surface area contributed by atoms with Crippen molar-refractivity contribution in [2.45, 2.75) is 19.5 Å². The Balaban J connectivity index is 1.36. The highest BCUT2D eigenvalue weighted by molar-refractivity contribution is 7.13. The molecular weight excluding hydrogens is 362 g/mol. The van der Waals surface area contributed by atoms with Crippen LogP contribution in [0.15, 0.2) is 60.5 Å². The molecule has 8 nitrogen and oxygen atoms in total. The first-order valence-electron chi connectivity index (χ1n) is 8.38. The monoisotopic (exact) mass is 379 g/mol. The SMILES string of the molecule is C[C@@H](NC(=O)Cn1nnc(-c2cccs2)n1)c1ccc(-n2ccnc2)cc1. The molecule has 1 N–H and O–H groups in total. The summed E-state index contributed by atoms with van der Waals surface area (Å²) in [6, 6.07) is 11.7. The van der Waals surface area contributed by atoms with Gasteiger partial charge in [0.1, 0.15) is 6.54 Å². The molecule has 0 radical (unpaired) electrons. The molecule has 0 unspecified atom stereocenters. The van der Waals surface area contributed by atoms with Gasteiger partial charge in [0.15, 0.2) is 0 Å². The lowest BCUT2D eigenvalue weighted by atomic mass is 10.1. The summed E-state index contributed by atoms with van der Waals surface area (Å²) < 4.78 is 1.93. The first kappa shape index (κ1) is 17.1. The van der Waals surface area contributed by atoms with Crippen LogP contribution >= 0.6 is 11.3 Å². The Morgan fingerprint density at radius 3 is 2.81 bits per heavy atom. The number of rotatable bonds is 6. The van der Waals surface area contributed by atoms with Crippen molar-refractivity contribution in [2.24, 2.45) is 0 Å². The van der Waals surface area contributed by atoms with Gasteiger partial charge >= 0.3 is 0 Å². The number of hydrogen-bond acceptors (Lipinski definition) is 6. The third kappa shape index (κ3) is 3.93. The number of imidazole rings is 1. The molecule has 0 bridgehead atoms. The molecule has 0 aliphatic heterocycles. The predicted octanol–water partition coefficient (Wildman–Crippen LogP) is 2.46.